The molecule has 2 N–H and O–H groups in total. The third kappa shape index (κ3) is 4.54. The van der Waals surface area contributed by atoms with Gasteiger partial charge in [-0.3, -0.25) is 4.90 Å². The summed E-state index contributed by atoms with van der Waals surface area (Å²) in [7, 11) is 0. The Hall–Kier alpha value is -2.11. The van der Waals surface area contributed by atoms with Crippen molar-refractivity contribution in [2.45, 2.75) is 19.4 Å². The lowest BCUT2D eigenvalue weighted by molar-refractivity contribution is 0.190. The molecule has 0 spiro atoms. The van der Waals surface area contributed by atoms with Crippen LogP contribution in [0.1, 0.15) is 24.9 Å². The molecular formula is C21H28FN3O. The molecule has 0 bridgehead atoms. The van der Waals surface area contributed by atoms with Gasteiger partial charge in [0.25, 0.3) is 0 Å². The minimum absolute atomic E-state index is 0.193. The number of hydrogen-bond acceptors (Lipinski definition) is 4. The van der Waals surface area contributed by atoms with E-state index in [1.165, 1.54) is 17.7 Å². The zero-order chi connectivity index (χ0) is 18.4. The van der Waals surface area contributed by atoms with E-state index in [-0.39, 0.29) is 11.9 Å². The Kier molecular flexibility index (Phi) is 6.47. The summed E-state index contributed by atoms with van der Waals surface area (Å²) in [6.45, 7) is 7.14. The molecule has 140 valence electrons. The highest BCUT2D eigenvalue weighted by Gasteiger charge is 2.24. The van der Waals surface area contributed by atoms with Gasteiger partial charge in [0, 0.05) is 44.5 Å². The topological polar surface area (TPSA) is 41.7 Å². The van der Waals surface area contributed by atoms with E-state index in [1.807, 2.05) is 24.3 Å². The molecule has 1 unspecified atom stereocenters. The maximum absolute atomic E-state index is 13.1. The first-order chi connectivity index (χ1) is 12.7. The molecule has 0 amide bonds. The summed E-state index contributed by atoms with van der Waals surface area (Å²) >= 11 is 0. The van der Waals surface area contributed by atoms with E-state index in [4.69, 9.17) is 10.5 Å². The quantitative estimate of drug-likeness (QED) is 0.824. The van der Waals surface area contributed by atoms with Crippen LogP contribution < -0.4 is 15.4 Å². The normalized spacial score (nSPS) is 16.5. The van der Waals surface area contributed by atoms with Crippen molar-refractivity contribution in [3.63, 3.8) is 0 Å². The fourth-order valence-electron chi connectivity index (χ4n) is 3.45. The molecule has 0 saturated carbocycles. The van der Waals surface area contributed by atoms with Crippen molar-refractivity contribution in [1.82, 2.24) is 4.90 Å². The van der Waals surface area contributed by atoms with Crippen molar-refractivity contribution in [2.24, 2.45) is 5.73 Å². The van der Waals surface area contributed by atoms with Gasteiger partial charge in [-0.2, -0.15) is 0 Å². The molecule has 5 heteroatoms. The summed E-state index contributed by atoms with van der Waals surface area (Å²) in [6.07, 6.45) is 1.01. The van der Waals surface area contributed by atoms with Crippen LogP contribution in [0.3, 0.4) is 0 Å². The van der Waals surface area contributed by atoms with Crippen LogP contribution in [-0.4, -0.2) is 44.2 Å². The van der Waals surface area contributed by atoms with E-state index >= 15 is 0 Å². The number of hydrogen-bond donors (Lipinski definition) is 1. The van der Waals surface area contributed by atoms with E-state index in [0.29, 0.717) is 6.54 Å². The fraction of sp³-hybridized carbons (Fsp3) is 0.429. The minimum atomic E-state index is -0.193. The average molecular weight is 357 g/mol. The van der Waals surface area contributed by atoms with Gasteiger partial charge in [-0.25, -0.2) is 4.39 Å². The number of piperazine rings is 1. The molecule has 0 radical (unpaired) electrons. The number of ether oxygens (including phenoxy) is 1. The Labute approximate surface area is 155 Å². The predicted octanol–water partition coefficient (Wildman–Crippen LogP) is 3.44. The molecule has 2 aromatic carbocycles. The lowest BCUT2D eigenvalue weighted by Gasteiger charge is -2.40. The van der Waals surface area contributed by atoms with Crippen LogP contribution in [0.25, 0.3) is 0 Å². The Morgan fingerprint density at radius 1 is 1.00 bits per heavy atom. The maximum atomic E-state index is 13.1. The van der Waals surface area contributed by atoms with Crippen LogP contribution in [0.15, 0.2) is 48.5 Å². The van der Waals surface area contributed by atoms with Crippen LogP contribution in [0.5, 0.6) is 5.75 Å². The largest absolute Gasteiger partial charge is 0.494 e. The number of rotatable bonds is 7. The molecule has 1 aliphatic heterocycles. The van der Waals surface area contributed by atoms with Gasteiger partial charge in [-0.05, 0) is 48.4 Å². The molecule has 1 heterocycles. The maximum Gasteiger partial charge on any atom is 0.123 e. The average Bonchev–Trinajstić information content (AvgIpc) is 2.69. The van der Waals surface area contributed by atoms with Crippen molar-refractivity contribution in [1.29, 1.82) is 0 Å². The van der Waals surface area contributed by atoms with Gasteiger partial charge in [-0.1, -0.05) is 19.1 Å². The molecule has 0 aliphatic carbocycles. The summed E-state index contributed by atoms with van der Waals surface area (Å²) in [5.41, 5.74) is 8.39. The van der Waals surface area contributed by atoms with Crippen LogP contribution >= 0.6 is 0 Å². The van der Waals surface area contributed by atoms with Gasteiger partial charge in [0.2, 0.25) is 0 Å². The first kappa shape index (κ1) is 18.7. The Morgan fingerprint density at radius 3 is 2.23 bits per heavy atom. The second-order valence-electron chi connectivity index (χ2n) is 6.67. The van der Waals surface area contributed by atoms with Crippen LogP contribution in [0.4, 0.5) is 10.1 Å². The van der Waals surface area contributed by atoms with Gasteiger partial charge in [0.15, 0.2) is 0 Å². The summed E-state index contributed by atoms with van der Waals surface area (Å²) in [5, 5.41) is 0. The molecule has 1 fully saturated rings. The first-order valence-corrected chi connectivity index (χ1v) is 9.38. The summed E-state index contributed by atoms with van der Waals surface area (Å²) in [5.74, 6) is 0.717. The van der Waals surface area contributed by atoms with Gasteiger partial charge in [-0.15, -0.1) is 0 Å². The zero-order valence-corrected chi connectivity index (χ0v) is 15.4. The molecular weight excluding hydrogens is 329 g/mol. The molecule has 1 atom stereocenters. The van der Waals surface area contributed by atoms with Gasteiger partial charge in [0.1, 0.15) is 11.6 Å². The Bertz CT molecular complexity index is 667. The van der Waals surface area contributed by atoms with Gasteiger partial charge < -0.3 is 15.4 Å². The SMILES string of the molecule is CCCOc1ccc(C(CN)N2CCN(c3ccc(F)cc3)CC2)cc1. The minimum Gasteiger partial charge on any atom is -0.494 e. The number of anilines is 1. The van der Waals surface area contributed by atoms with Crippen LogP contribution in [0, 0.1) is 5.82 Å². The molecule has 1 saturated heterocycles. The molecule has 3 rings (SSSR count). The number of benzene rings is 2. The van der Waals surface area contributed by atoms with E-state index in [9.17, 15) is 4.39 Å². The van der Waals surface area contributed by atoms with E-state index in [1.54, 1.807) is 0 Å². The number of nitrogens with zero attached hydrogens (tertiary/aromatic N) is 2. The van der Waals surface area contributed by atoms with E-state index in [0.717, 1.165) is 50.6 Å². The zero-order valence-electron chi connectivity index (χ0n) is 15.4. The Morgan fingerprint density at radius 2 is 1.65 bits per heavy atom. The third-order valence-electron chi connectivity index (χ3n) is 4.91. The van der Waals surface area contributed by atoms with Crippen molar-refractivity contribution in [3.05, 3.63) is 59.9 Å². The molecule has 2 aromatic rings. The van der Waals surface area contributed by atoms with E-state index in [2.05, 4.69) is 28.9 Å². The third-order valence-corrected chi connectivity index (χ3v) is 4.91. The predicted molar refractivity (Wildman–Crippen MR) is 104 cm³/mol. The standard InChI is InChI=1S/C21H28FN3O/c1-2-15-26-20-9-3-17(4-10-20)21(16-23)25-13-11-24(12-14-25)19-7-5-18(22)6-8-19/h3-10,21H,2,11-16,23H2,1H3. The highest BCUT2D eigenvalue weighted by molar-refractivity contribution is 5.46. The first-order valence-electron chi connectivity index (χ1n) is 9.38. The van der Waals surface area contributed by atoms with Crippen LogP contribution in [-0.2, 0) is 0 Å². The van der Waals surface area contributed by atoms with Crippen LogP contribution in [0.2, 0.25) is 0 Å². The van der Waals surface area contributed by atoms with Gasteiger partial charge in [0.05, 0.1) is 6.61 Å². The number of halogens is 1. The molecule has 4 nitrogen and oxygen atoms in total. The molecule has 1 aliphatic rings. The lowest BCUT2D eigenvalue weighted by Crippen LogP contribution is -2.49. The van der Waals surface area contributed by atoms with Crippen molar-refractivity contribution in [2.75, 3.05) is 44.2 Å². The number of nitrogens with two attached hydrogens (primary N) is 1. The van der Waals surface area contributed by atoms with Crippen molar-refractivity contribution < 1.29 is 9.13 Å². The summed E-state index contributed by atoms with van der Waals surface area (Å²) in [6, 6.07) is 15.2. The Balaban J connectivity index is 1.60. The smallest absolute Gasteiger partial charge is 0.123 e. The lowest BCUT2D eigenvalue weighted by atomic mass is 10.0. The second kappa shape index (κ2) is 9.01. The molecule has 0 aromatic heterocycles. The van der Waals surface area contributed by atoms with Crippen molar-refractivity contribution in [3.8, 4) is 5.75 Å². The van der Waals surface area contributed by atoms with Crippen molar-refractivity contribution >= 4 is 5.69 Å². The molecule has 26 heavy (non-hydrogen) atoms. The monoisotopic (exact) mass is 357 g/mol. The highest BCUT2D eigenvalue weighted by atomic mass is 19.1. The summed E-state index contributed by atoms with van der Waals surface area (Å²) < 4.78 is 18.8. The second-order valence-corrected chi connectivity index (χ2v) is 6.67. The highest BCUT2D eigenvalue weighted by Crippen LogP contribution is 2.25. The fourth-order valence-corrected chi connectivity index (χ4v) is 3.45. The summed E-state index contributed by atoms with van der Waals surface area (Å²) in [4.78, 5) is 4.73. The van der Waals surface area contributed by atoms with Gasteiger partial charge >= 0.3 is 0 Å². The van der Waals surface area contributed by atoms with E-state index < -0.39 is 0 Å².